The van der Waals surface area contributed by atoms with Crippen LogP contribution in [0, 0.1) is 5.92 Å². The SMILES string of the molecule is O=C(O)C(F)(F)F.O=C(O)c1cccc(OCCN2CCOCC2C2CC2)c1. The highest BCUT2D eigenvalue weighted by atomic mass is 19.4. The number of halogens is 3. The number of rotatable bonds is 6. The number of hydrogen-bond donors (Lipinski definition) is 2. The first kappa shape index (κ1) is 22.0. The van der Waals surface area contributed by atoms with Gasteiger partial charge >= 0.3 is 18.1 Å². The molecule has 0 spiro atoms. The van der Waals surface area contributed by atoms with E-state index < -0.39 is 18.1 Å². The molecule has 0 bridgehead atoms. The lowest BCUT2D eigenvalue weighted by atomic mass is 10.1. The second kappa shape index (κ2) is 9.74. The quantitative estimate of drug-likeness (QED) is 0.751. The Balaban J connectivity index is 0.000000345. The first-order valence-corrected chi connectivity index (χ1v) is 8.76. The lowest BCUT2D eigenvalue weighted by Gasteiger charge is -2.35. The van der Waals surface area contributed by atoms with Crippen LogP contribution < -0.4 is 4.74 Å². The number of carboxylic acid groups (broad SMARTS) is 2. The van der Waals surface area contributed by atoms with Crippen LogP contribution in [0.25, 0.3) is 0 Å². The second-order valence-electron chi connectivity index (χ2n) is 6.50. The van der Waals surface area contributed by atoms with Gasteiger partial charge in [0.15, 0.2) is 0 Å². The molecule has 2 aliphatic rings. The van der Waals surface area contributed by atoms with Crippen molar-refractivity contribution in [2.45, 2.75) is 25.1 Å². The zero-order valence-electron chi connectivity index (χ0n) is 15.0. The summed E-state index contributed by atoms with van der Waals surface area (Å²) in [5.41, 5.74) is 0.259. The Labute approximate surface area is 159 Å². The summed E-state index contributed by atoms with van der Waals surface area (Å²) in [4.78, 5) is 22.3. The van der Waals surface area contributed by atoms with E-state index in [9.17, 15) is 18.0 Å². The molecule has 0 radical (unpaired) electrons. The molecule has 0 aromatic heterocycles. The molecule has 1 heterocycles. The molecular weight excluding hydrogens is 383 g/mol. The summed E-state index contributed by atoms with van der Waals surface area (Å²) < 4.78 is 43.0. The van der Waals surface area contributed by atoms with E-state index in [-0.39, 0.29) is 5.56 Å². The Bertz CT molecular complexity index is 678. The maximum atomic E-state index is 10.9. The summed E-state index contributed by atoms with van der Waals surface area (Å²) in [6, 6.07) is 7.18. The molecule has 2 fully saturated rings. The normalized spacial score (nSPS) is 20.0. The van der Waals surface area contributed by atoms with Crippen molar-refractivity contribution in [3.05, 3.63) is 29.8 Å². The van der Waals surface area contributed by atoms with Crippen molar-refractivity contribution in [1.29, 1.82) is 0 Å². The molecule has 156 valence electrons. The van der Waals surface area contributed by atoms with Crippen molar-refractivity contribution in [3.8, 4) is 5.75 Å². The molecule has 1 aromatic carbocycles. The smallest absolute Gasteiger partial charge is 0.490 e. The Morgan fingerprint density at radius 3 is 2.50 bits per heavy atom. The minimum absolute atomic E-state index is 0.259. The lowest BCUT2D eigenvalue weighted by molar-refractivity contribution is -0.192. The highest BCUT2D eigenvalue weighted by Gasteiger charge is 2.38. The van der Waals surface area contributed by atoms with Crippen molar-refractivity contribution >= 4 is 11.9 Å². The predicted octanol–water partition coefficient (Wildman–Crippen LogP) is 2.51. The van der Waals surface area contributed by atoms with E-state index >= 15 is 0 Å². The zero-order valence-corrected chi connectivity index (χ0v) is 15.0. The number of alkyl halides is 3. The second-order valence-corrected chi connectivity index (χ2v) is 6.50. The number of aromatic carboxylic acids is 1. The summed E-state index contributed by atoms with van der Waals surface area (Å²) in [7, 11) is 0. The van der Waals surface area contributed by atoms with Crippen molar-refractivity contribution < 1.29 is 42.4 Å². The average Bonchev–Trinajstić information content (AvgIpc) is 3.47. The topological polar surface area (TPSA) is 96.3 Å². The van der Waals surface area contributed by atoms with Gasteiger partial charge in [0.05, 0.1) is 18.8 Å². The van der Waals surface area contributed by atoms with Gasteiger partial charge in [0, 0.05) is 19.1 Å². The van der Waals surface area contributed by atoms with E-state index in [1.165, 1.54) is 12.8 Å². The van der Waals surface area contributed by atoms with Crippen LogP contribution in [0.5, 0.6) is 5.75 Å². The minimum Gasteiger partial charge on any atom is -0.492 e. The number of morpholine rings is 1. The van der Waals surface area contributed by atoms with Gasteiger partial charge in [0.1, 0.15) is 12.4 Å². The van der Waals surface area contributed by atoms with E-state index in [1.54, 1.807) is 24.3 Å². The predicted molar refractivity (Wildman–Crippen MR) is 91.5 cm³/mol. The monoisotopic (exact) mass is 405 g/mol. The van der Waals surface area contributed by atoms with Gasteiger partial charge < -0.3 is 19.7 Å². The summed E-state index contributed by atoms with van der Waals surface area (Å²) in [5.74, 6) is -2.28. The maximum Gasteiger partial charge on any atom is 0.490 e. The average molecular weight is 405 g/mol. The van der Waals surface area contributed by atoms with Crippen molar-refractivity contribution in [2.75, 3.05) is 32.9 Å². The fraction of sp³-hybridized carbons (Fsp3) is 0.556. The van der Waals surface area contributed by atoms with Gasteiger partial charge in [-0.2, -0.15) is 13.2 Å². The summed E-state index contributed by atoms with van der Waals surface area (Å²) in [5, 5.41) is 16.1. The molecule has 1 atom stereocenters. The zero-order chi connectivity index (χ0) is 20.7. The summed E-state index contributed by atoms with van der Waals surface area (Å²) in [6.07, 6.45) is -2.46. The van der Waals surface area contributed by atoms with Crippen molar-refractivity contribution in [3.63, 3.8) is 0 Å². The van der Waals surface area contributed by atoms with Crippen molar-refractivity contribution in [1.82, 2.24) is 4.90 Å². The molecule has 1 saturated heterocycles. The Morgan fingerprint density at radius 2 is 1.93 bits per heavy atom. The van der Waals surface area contributed by atoms with E-state index in [1.807, 2.05) is 0 Å². The maximum absolute atomic E-state index is 10.9. The lowest BCUT2D eigenvalue weighted by Crippen LogP contribution is -2.48. The van der Waals surface area contributed by atoms with E-state index in [0.717, 1.165) is 32.2 Å². The van der Waals surface area contributed by atoms with Crippen LogP contribution in [-0.2, 0) is 9.53 Å². The summed E-state index contributed by atoms with van der Waals surface area (Å²) >= 11 is 0. The number of aliphatic carboxylic acids is 1. The molecule has 7 nitrogen and oxygen atoms in total. The van der Waals surface area contributed by atoms with Gasteiger partial charge in [0.25, 0.3) is 0 Å². The molecule has 1 aliphatic heterocycles. The van der Waals surface area contributed by atoms with Crippen LogP contribution >= 0.6 is 0 Å². The van der Waals surface area contributed by atoms with Gasteiger partial charge in [-0.3, -0.25) is 4.90 Å². The molecule has 1 saturated carbocycles. The Hall–Kier alpha value is -2.33. The number of nitrogens with zero attached hydrogens (tertiary/aromatic N) is 1. The molecule has 1 unspecified atom stereocenters. The van der Waals surface area contributed by atoms with Crippen LogP contribution in [0.3, 0.4) is 0 Å². The molecular formula is C18H22F3NO6. The van der Waals surface area contributed by atoms with Crippen LogP contribution in [0.1, 0.15) is 23.2 Å². The third-order valence-electron chi connectivity index (χ3n) is 4.42. The minimum atomic E-state index is -5.08. The van der Waals surface area contributed by atoms with Gasteiger partial charge in [-0.15, -0.1) is 0 Å². The van der Waals surface area contributed by atoms with Gasteiger partial charge in [-0.05, 0) is 37.0 Å². The van der Waals surface area contributed by atoms with Crippen LogP contribution in [-0.4, -0.2) is 72.2 Å². The molecule has 10 heteroatoms. The number of carbonyl (C=O) groups is 2. The fourth-order valence-corrected chi connectivity index (χ4v) is 2.85. The first-order valence-electron chi connectivity index (χ1n) is 8.76. The van der Waals surface area contributed by atoms with Crippen LogP contribution in [0.2, 0.25) is 0 Å². The molecule has 3 rings (SSSR count). The molecule has 2 N–H and O–H groups in total. The third-order valence-corrected chi connectivity index (χ3v) is 4.42. The standard InChI is InChI=1S/C16H21NO4.C2HF3O2/c18-16(19)13-2-1-3-14(10-13)21-9-7-17-6-8-20-11-15(17)12-4-5-12;3-2(4,5)1(6)7/h1-3,10,12,15H,4-9,11H2,(H,18,19);(H,6,7). The van der Waals surface area contributed by atoms with Crippen molar-refractivity contribution in [2.24, 2.45) is 5.92 Å². The van der Waals surface area contributed by atoms with Crippen LogP contribution in [0.15, 0.2) is 24.3 Å². The fourth-order valence-electron chi connectivity index (χ4n) is 2.85. The third kappa shape index (κ3) is 7.01. The van der Waals surface area contributed by atoms with E-state index in [2.05, 4.69) is 4.90 Å². The largest absolute Gasteiger partial charge is 0.492 e. The van der Waals surface area contributed by atoms with E-state index in [0.29, 0.717) is 18.4 Å². The highest BCUT2D eigenvalue weighted by Crippen LogP contribution is 2.36. The Morgan fingerprint density at radius 1 is 1.25 bits per heavy atom. The molecule has 1 aliphatic carbocycles. The molecule has 0 amide bonds. The highest BCUT2D eigenvalue weighted by molar-refractivity contribution is 5.88. The summed E-state index contributed by atoms with van der Waals surface area (Å²) in [6.45, 7) is 4.02. The van der Waals surface area contributed by atoms with Gasteiger partial charge in [-0.1, -0.05) is 6.07 Å². The number of carboxylic acids is 2. The number of ether oxygens (including phenoxy) is 2. The number of benzene rings is 1. The van der Waals surface area contributed by atoms with E-state index in [4.69, 9.17) is 24.5 Å². The van der Waals surface area contributed by atoms with Gasteiger partial charge in [0.2, 0.25) is 0 Å². The van der Waals surface area contributed by atoms with Gasteiger partial charge in [-0.25, -0.2) is 9.59 Å². The molecule has 28 heavy (non-hydrogen) atoms. The number of hydrogen-bond acceptors (Lipinski definition) is 5. The Kier molecular flexibility index (Phi) is 7.64. The van der Waals surface area contributed by atoms with Crippen LogP contribution in [0.4, 0.5) is 13.2 Å². The first-order chi connectivity index (χ1) is 13.2. The molecule has 1 aromatic rings.